The molecule has 0 radical (unpaired) electrons. The number of fused-ring (bicyclic) bond motifs is 1. The van der Waals surface area contributed by atoms with Crippen LogP contribution in [-0.4, -0.2) is 20.3 Å². The fraction of sp³-hybridized carbons (Fsp3) is 0.308. The van der Waals surface area contributed by atoms with E-state index in [9.17, 15) is 0 Å². The van der Waals surface area contributed by atoms with Crippen LogP contribution in [0.2, 0.25) is 0 Å². The van der Waals surface area contributed by atoms with Gasteiger partial charge in [0.2, 0.25) is 5.76 Å². The van der Waals surface area contributed by atoms with Gasteiger partial charge in [0, 0.05) is 20.1 Å². The average molecular weight is 231 g/mol. The highest BCUT2D eigenvalue weighted by molar-refractivity contribution is 5.86. The number of nitriles is 1. The Bertz CT molecular complexity index is 539. The molecule has 0 spiro atoms. The van der Waals surface area contributed by atoms with Gasteiger partial charge in [0.05, 0.1) is 12.0 Å². The van der Waals surface area contributed by atoms with Crippen molar-refractivity contribution >= 4 is 11.0 Å². The second-order valence-corrected chi connectivity index (χ2v) is 3.56. The average Bonchev–Trinajstić information content (AvgIpc) is 2.73. The van der Waals surface area contributed by atoms with E-state index in [1.807, 2.05) is 30.3 Å². The summed E-state index contributed by atoms with van der Waals surface area (Å²) in [5, 5.41) is 9.81. The summed E-state index contributed by atoms with van der Waals surface area (Å²) in [4.78, 5) is 0. The van der Waals surface area contributed by atoms with Crippen molar-refractivity contribution in [2.24, 2.45) is 0 Å². The lowest BCUT2D eigenvalue weighted by Crippen LogP contribution is -2.01. The van der Waals surface area contributed by atoms with Gasteiger partial charge in [-0.15, -0.1) is 0 Å². The van der Waals surface area contributed by atoms with Gasteiger partial charge in [0.25, 0.3) is 0 Å². The third-order valence-corrected chi connectivity index (χ3v) is 2.39. The molecule has 4 nitrogen and oxygen atoms in total. The van der Waals surface area contributed by atoms with Gasteiger partial charge in [-0.1, -0.05) is 12.1 Å². The van der Waals surface area contributed by atoms with Crippen molar-refractivity contribution in [3.05, 3.63) is 30.0 Å². The molecular formula is C13H13NO3. The van der Waals surface area contributed by atoms with Crippen molar-refractivity contribution in [1.82, 2.24) is 0 Å². The largest absolute Gasteiger partial charge is 0.488 e. The van der Waals surface area contributed by atoms with Crippen molar-refractivity contribution in [2.75, 3.05) is 20.3 Å². The minimum atomic E-state index is 0.226. The van der Waals surface area contributed by atoms with Crippen molar-refractivity contribution in [3.8, 4) is 11.8 Å². The van der Waals surface area contributed by atoms with E-state index in [-0.39, 0.29) is 5.76 Å². The molecule has 2 rings (SSSR count). The molecule has 0 atom stereocenters. The normalized spacial score (nSPS) is 10.4. The molecule has 0 N–H and O–H groups in total. The lowest BCUT2D eigenvalue weighted by atomic mass is 10.2. The van der Waals surface area contributed by atoms with E-state index in [2.05, 4.69) is 0 Å². The van der Waals surface area contributed by atoms with Crippen LogP contribution < -0.4 is 4.74 Å². The summed E-state index contributed by atoms with van der Waals surface area (Å²) in [6.45, 7) is 1.14. The Hall–Kier alpha value is -1.99. The first kappa shape index (κ1) is 11.5. The highest BCUT2D eigenvalue weighted by atomic mass is 16.5. The number of furan rings is 1. The number of para-hydroxylation sites is 1. The van der Waals surface area contributed by atoms with Crippen LogP contribution in [0.1, 0.15) is 12.2 Å². The second-order valence-electron chi connectivity index (χ2n) is 3.56. The number of rotatable bonds is 5. The summed E-state index contributed by atoms with van der Waals surface area (Å²) in [5.41, 5.74) is 0.672. The molecule has 17 heavy (non-hydrogen) atoms. The van der Waals surface area contributed by atoms with Crippen molar-refractivity contribution in [2.45, 2.75) is 6.42 Å². The topological polar surface area (TPSA) is 55.4 Å². The number of methoxy groups -OCH3 is 1. The smallest absolute Gasteiger partial charge is 0.246 e. The maximum absolute atomic E-state index is 8.97. The predicted molar refractivity (Wildman–Crippen MR) is 62.9 cm³/mol. The van der Waals surface area contributed by atoms with Crippen LogP contribution in [0.15, 0.2) is 28.7 Å². The lowest BCUT2D eigenvalue weighted by Gasteiger charge is -2.03. The second kappa shape index (κ2) is 5.37. The Morgan fingerprint density at radius 1 is 1.29 bits per heavy atom. The van der Waals surface area contributed by atoms with E-state index >= 15 is 0 Å². The maximum Gasteiger partial charge on any atom is 0.246 e. The molecule has 0 bridgehead atoms. The standard InChI is InChI=1S/C13H13NO3/c1-15-7-4-8-16-13-10-5-2-3-6-11(10)17-12(13)9-14/h2-3,5-6H,4,7-8H2,1H3. The molecule has 0 amide bonds. The van der Waals surface area contributed by atoms with Gasteiger partial charge in [0.1, 0.15) is 11.7 Å². The monoisotopic (exact) mass is 231 g/mol. The van der Waals surface area contributed by atoms with Crippen LogP contribution in [0, 0.1) is 11.3 Å². The van der Waals surface area contributed by atoms with Gasteiger partial charge in [-0.2, -0.15) is 5.26 Å². The van der Waals surface area contributed by atoms with Crippen LogP contribution in [0.25, 0.3) is 11.0 Å². The maximum atomic E-state index is 8.97. The summed E-state index contributed by atoms with van der Waals surface area (Å²) in [5.74, 6) is 0.753. The fourth-order valence-electron chi connectivity index (χ4n) is 1.62. The molecule has 0 saturated heterocycles. The molecule has 0 unspecified atom stereocenters. The molecule has 1 aromatic heterocycles. The van der Waals surface area contributed by atoms with Gasteiger partial charge in [-0.05, 0) is 12.1 Å². The number of ether oxygens (including phenoxy) is 2. The van der Waals surface area contributed by atoms with Crippen LogP contribution in [0.3, 0.4) is 0 Å². The summed E-state index contributed by atoms with van der Waals surface area (Å²) in [7, 11) is 1.65. The molecule has 4 heteroatoms. The minimum absolute atomic E-state index is 0.226. The molecule has 0 fully saturated rings. The predicted octanol–water partition coefficient (Wildman–Crippen LogP) is 2.72. The molecular weight excluding hydrogens is 218 g/mol. The first-order chi connectivity index (χ1) is 8.36. The summed E-state index contributed by atoms with van der Waals surface area (Å²) < 4.78 is 15.9. The van der Waals surface area contributed by atoms with E-state index in [0.29, 0.717) is 24.5 Å². The van der Waals surface area contributed by atoms with Gasteiger partial charge in [-0.25, -0.2) is 0 Å². The van der Waals surface area contributed by atoms with Gasteiger partial charge in [-0.3, -0.25) is 0 Å². The zero-order valence-electron chi connectivity index (χ0n) is 9.60. The van der Waals surface area contributed by atoms with Gasteiger partial charge >= 0.3 is 0 Å². The zero-order chi connectivity index (χ0) is 12.1. The highest BCUT2D eigenvalue weighted by Crippen LogP contribution is 2.32. The van der Waals surface area contributed by atoms with Crippen LogP contribution in [-0.2, 0) is 4.74 Å². The molecule has 2 aromatic rings. The van der Waals surface area contributed by atoms with Crippen molar-refractivity contribution < 1.29 is 13.9 Å². The molecule has 0 saturated carbocycles. The Labute approximate surface area is 99.4 Å². The minimum Gasteiger partial charge on any atom is -0.488 e. The molecule has 1 heterocycles. The molecule has 1 aromatic carbocycles. The Balaban J connectivity index is 2.22. The Morgan fingerprint density at radius 3 is 2.88 bits per heavy atom. The molecule has 0 aliphatic carbocycles. The summed E-state index contributed by atoms with van der Waals surface area (Å²) in [6, 6.07) is 9.45. The molecule has 0 aliphatic rings. The SMILES string of the molecule is COCCCOc1c(C#N)oc2ccccc12. The number of nitrogens with zero attached hydrogens (tertiary/aromatic N) is 1. The zero-order valence-corrected chi connectivity index (χ0v) is 9.60. The third kappa shape index (κ3) is 2.40. The van der Waals surface area contributed by atoms with E-state index in [4.69, 9.17) is 19.2 Å². The molecule has 88 valence electrons. The van der Waals surface area contributed by atoms with Crippen LogP contribution >= 0.6 is 0 Å². The van der Waals surface area contributed by atoms with Crippen LogP contribution in [0.4, 0.5) is 0 Å². The first-order valence-corrected chi connectivity index (χ1v) is 5.40. The number of hydrogen-bond donors (Lipinski definition) is 0. The lowest BCUT2D eigenvalue weighted by molar-refractivity contribution is 0.172. The van der Waals surface area contributed by atoms with E-state index in [1.165, 1.54) is 0 Å². The first-order valence-electron chi connectivity index (χ1n) is 5.40. The van der Waals surface area contributed by atoms with Gasteiger partial charge < -0.3 is 13.9 Å². The summed E-state index contributed by atoms with van der Waals surface area (Å²) in [6.07, 6.45) is 0.779. The van der Waals surface area contributed by atoms with Crippen LogP contribution in [0.5, 0.6) is 5.75 Å². The summed E-state index contributed by atoms with van der Waals surface area (Å²) >= 11 is 0. The molecule has 0 aliphatic heterocycles. The Morgan fingerprint density at radius 2 is 2.12 bits per heavy atom. The highest BCUT2D eigenvalue weighted by Gasteiger charge is 2.14. The Kier molecular flexibility index (Phi) is 3.63. The quantitative estimate of drug-likeness (QED) is 0.742. The van der Waals surface area contributed by atoms with Gasteiger partial charge in [0.15, 0.2) is 5.75 Å². The third-order valence-electron chi connectivity index (χ3n) is 2.39. The van der Waals surface area contributed by atoms with E-state index in [0.717, 1.165) is 11.8 Å². The van der Waals surface area contributed by atoms with E-state index < -0.39 is 0 Å². The fourth-order valence-corrected chi connectivity index (χ4v) is 1.62. The number of hydrogen-bond acceptors (Lipinski definition) is 4. The van der Waals surface area contributed by atoms with Crippen molar-refractivity contribution in [1.29, 1.82) is 5.26 Å². The number of benzene rings is 1. The van der Waals surface area contributed by atoms with Crippen molar-refractivity contribution in [3.63, 3.8) is 0 Å². The van der Waals surface area contributed by atoms with E-state index in [1.54, 1.807) is 7.11 Å².